The lowest BCUT2D eigenvalue weighted by Crippen LogP contribution is -2.45. The summed E-state index contributed by atoms with van der Waals surface area (Å²) in [5.41, 5.74) is 5.35. The number of amides is 1. The van der Waals surface area contributed by atoms with Crippen LogP contribution in [0.25, 0.3) is 0 Å². The van der Waals surface area contributed by atoms with Gasteiger partial charge in [-0.2, -0.15) is 0 Å². The van der Waals surface area contributed by atoms with E-state index in [0.717, 1.165) is 57.8 Å². The third-order valence-electron chi connectivity index (χ3n) is 7.91. The molecule has 0 aliphatic rings. The van der Waals surface area contributed by atoms with Gasteiger partial charge >= 0.3 is 7.82 Å². The van der Waals surface area contributed by atoms with Gasteiger partial charge in [0.25, 0.3) is 0 Å². The molecule has 8 nitrogen and oxygen atoms in total. The number of aliphatic hydroxyl groups is 1. The Morgan fingerprint density at radius 3 is 1.69 bits per heavy atom. The molecule has 0 saturated carbocycles. The molecule has 0 aromatic rings. The van der Waals surface area contributed by atoms with Crippen molar-refractivity contribution in [2.45, 2.75) is 148 Å². The highest BCUT2D eigenvalue weighted by molar-refractivity contribution is 7.47. The summed E-state index contributed by atoms with van der Waals surface area (Å²) >= 11 is 0. The van der Waals surface area contributed by atoms with Crippen LogP contribution in [0, 0.1) is 0 Å². The van der Waals surface area contributed by atoms with Crippen molar-refractivity contribution in [1.82, 2.24) is 5.32 Å². The van der Waals surface area contributed by atoms with Crippen molar-refractivity contribution in [3.63, 3.8) is 0 Å². The number of phosphoric ester groups is 1. The molecule has 0 saturated heterocycles. The van der Waals surface area contributed by atoms with E-state index in [2.05, 4.69) is 92.1 Å². The Labute approximate surface area is 317 Å². The van der Waals surface area contributed by atoms with Gasteiger partial charge in [-0.3, -0.25) is 13.8 Å². The van der Waals surface area contributed by atoms with E-state index in [1.54, 1.807) is 6.08 Å². The largest absolute Gasteiger partial charge is 0.472 e. The molecule has 0 fully saturated rings. The summed E-state index contributed by atoms with van der Waals surface area (Å²) in [6.07, 6.45) is 51.8. The number of aliphatic hydroxyl groups excluding tert-OH is 1. The summed E-state index contributed by atoms with van der Waals surface area (Å²) in [5, 5.41) is 13.5. The molecule has 0 bridgehead atoms. The van der Waals surface area contributed by atoms with Crippen LogP contribution in [0.2, 0.25) is 0 Å². The van der Waals surface area contributed by atoms with Gasteiger partial charge in [-0.15, -0.1) is 0 Å². The predicted octanol–water partition coefficient (Wildman–Crippen LogP) is 10.8. The zero-order valence-corrected chi connectivity index (χ0v) is 33.4. The molecular weight excluding hydrogens is 671 g/mol. The SMILES string of the molecule is CC/C=C\C/C=C\C/C=C\C/C=C\C/C=C\C/C=C\CCC(=O)NC(COP(=O)(O)OCCN)C(O)/C=C/CC/C=C/CCCCCCCCCC. The molecule has 0 radical (unpaired) electrons. The van der Waals surface area contributed by atoms with Crippen molar-refractivity contribution < 1.29 is 28.4 Å². The van der Waals surface area contributed by atoms with E-state index < -0.39 is 26.6 Å². The van der Waals surface area contributed by atoms with Crippen molar-refractivity contribution in [1.29, 1.82) is 0 Å². The molecule has 0 heterocycles. The first kappa shape index (κ1) is 49.4. The zero-order valence-electron chi connectivity index (χ0n) is 32.5. The van der Waals surface area contributed by atoms with Gasteiger partial charge < -0.3 is 21.1 Å². The van der Waals surface area contributed by atoms with Crippen LogP contribution in [0.5, 0.6) is 0 Å². The van der Waals surface area contributed by atoms with E-state index in [-0.39, 0.29) is 25.5 Å². The van der Waals surface area contributed by atoms with Crippen LogP contribution in [0.15, 0.2) is 97.2 Å². The van der Waals surface area contributed by atoms with E-state index in [0.29, 0.717) is 6.42 Å². The minimum Gasteiger partial charge on any atom is -0.387 e. The highest BCUT2D eigenvalue weighted by atomic mass is 31.2. The average Bonchev–Trinajstić information content (AvgIpc) is 3.13. The summed E-state index contributed by atoms with van der Waals surface area (Å²) in [7, 11) is -4.37. The highest BCUT2D eigenvalue weighted by Gasteiger charge is 2.26. The average molecular weight is 745 g/mol. The molecule has 5 N–H and O–H groups in total. The van der Waals surface area contributed by atoms with Crippen LogP contribution in [0.4, 0.5) is 0 Å². The van der Waals surface area contributed by atoms with Crippen LogP contribution < -0.4 is 11.1 Å². The molecule has 0 aromatic carbocycles. The van der Waals surface area contributed by atoms with Gasteiger partial charge in [0, 0.05) is 13.0 Å². The Hall–Kier alpha value is -2.58. The topological polar surface area (TPSA) is 131 Å². The van der Waals surface area contributed by atoms with Crippen LogP contribution >= 0.6 is 7.82 Å². The number of nitrogens with two attached hydrogens (primary N) is 1. The second-order valence-electron chi connectivity index (χ2n) is 12.7. The lowest BCUT2D eigenvalue weighted by Gasteiger charge is -2.23. The number of unbranched alkanes of at least 4 members (excludes halogenated alkanes) is 9. The van der Waals surface area contributed by atoms with Crippen molar-refractivity contribution in [3.05, 3.63) is 97.2 Å². The Bertz CT molecular complexity index is 1120. The molecule has 0 aliphatic carbocycles. The fourth-order valence-corrected chi connectivity index (χ4v) is 5.69. The Kier molecular flexibility index (Phi) is 36.3. The van der Waals surface area contributed by atoms with Crippen LogP contribution in [0.1, 0.15) is 136 Å². The zero-order chi connectivity index (χ0) is 38.2. The fraction of sp³-hybridized carbons (Fsp3) is 0.605. The second-order valence-corrected chi connectivity index (χ2v) is 14.2. The van der Waals surface area contributed by atoms with E-state index >= 15 is 0 Å². The number of phosphoric acid groups is 1. The first-order chi connectivity index (χ1) is 25.4. The van der Waals surface area contributed by atoms with Gasteiger partial charge in [-0.1, -0.05) is 156 Å². The minimum atomic E-state index is -4.37. The lowest BCUT2D eigenvalue weighted by atomic mass is 10.1. The second kappa shape index (κ2) is 38.2. The number of carbonyl (C=O) groups excluding carboxylic acids is 1. The van der Waals surface area contributed by atoms with E-state index in [1.165, 1.54) is 51.4 Å². The number of nitrogens with one attached hydrogen (secondary N) is 1. The molecule has 1 amide bonds. The molecule has 0 rings (SSSR count). The quantitative estimate of drug-likeness (QED) is 0.0289. The number of hydrogen-bond donors (Lipinski definition) is 4. The Morgan fingerprint density at radius 2 is 1.13 bits per heavy atom. The first-order valence-corrected chi connectivity index (χ1v) is 21.4. The maximum Gasteiger partial charge on any atom is 0.472 e. The normalized spacial score (nSPS) is 15.2. The van der Waals surface area contributed by atoms with E-state index in [1.807, 2.05) is 18.2 Å². The van der Waals surface area contributed by atoms with Crippen molar-refractivity contribution >= 4 is 13.7 Å². The summed E-state index contributed by atoms with van der Waals surface area (Å²) in [6, 6.07) is -0.923. The Balaban J connectivity index is 4.50. The summed E-state index contributed by atoms with van der Waals surface area (Å²) < 4.78 is 22.0. The molecule has 0 aliphatic heterocycles. The number of rotatable bonds is 35. The van der Waals surface area contributed by atoms with E-state index in [9.17, 15) is 19.4 Å². The molecule has 296 valence electrons. The number of allylic oxidation sites excluding steroid dienone is 15. The summed E-state index contributed by atoms with van der Waals surface area (Å²) in [4.78, 5) is 22.6. The van der Waals surface area contributed by atoms with Gasteiger partial charge in [-0.05, 0) is 70.6 Å². The fourth-order valence-electron chi connectivity index (χ4n) is 4.93. The first-order valence-electron chi connectivity index (χ1n) is 19.9. The van der Waals surface area contributed by atoms with Crippen LogP contribution in [-0.4, -0.2) is 47.8 Å². The standard InChI is InChI=1S/C43H73N2O6P/c1-3-5-7-9-11-13-15-17-19-20-21-22-23-25-27-29-31-33-35-37-43(47)45-41(40-51-52(48,49)50-39-38-44)42(46)36-34-32-30-28-26-24-18-16-14-12-10-8-6-4-2/h5,7,11,13,17,19,21-22,25-28,31,33-34,36,41-42,46H,3-4,6,8-10,12,14-16,18,20,23-24,29-30,32,35,37-40,44H2,1-2H3,(H,45,47)(H,48,49)/b7-5-,13-11-,19-17-,22-21-,27-25-,28-26+,33-31-,36-34+. The minimum absolute atomic E-state index is 0.0571. The van der Waals surface area contributed by atoms with Crippen LogP contribution in [0.3, 0.4) is 0 Å². The van der Waals surface area contributed by atoms with Gasteiger partial charge in [0.1, 0.15) is 0 Å². The molecule has 3 unspecified atom stereocenters. The van der Waals surface area contributed by atoms with Gasteiger partial charge in [0.15, 0.2) is 0 Å². The number of hydrogen-bond acceptors (Lipinski definition) is 6. The van der Waals surface area contributed by atoms with Crippen molar-refractivity contribution in [2.75, 3.05) is 19.8 Å². The third kappa shape index (κ3) is 35.8. The summed E-state index contributed by atoms with van der Waals surface area (Å²) in [6.45, 7) is 3.90. The predicted molar refractivity (Wildman–Crippen MR) is 221 cm³/mol. The molecule has 52 heavy (non-hydrogen) atoms. The highest BCUT2D eigenvalue weighted by Crippen LogP contribution is 2.43. The maximum atomic E-state index is 12.7. The van der Waals surface area contributed by atoms with Gasteiger partial charge in [0.05, 0.1) is 25.4 Å². The van der Waals surface area contributed by atoms with E-state index in [4.69, 9.17) is 14.8 Å². The monoisotopic (exact) mass is 745 g/mol. The smallest absolute Gasteiger partial charge is 0.387 e. The van der Waals surface area contributed by atoms with Gasteiger partial charge in [0.2, 0.25) is 5.91 Å². The number of carbonyl (C=O) groups is 1. The lowest BCUT2D eigenvalue weighted by molar-refractivity contribution is -0.122. The third-order valence-corrected chi connectivity index (χ3v) is 8.89. The van der Waals surface area contributed by atoms with Crippen molar-refractivity contribution in [2.24, 2.45) is 5.73 Å². The molecule has 3 atom stereocenters. The maximum absolute atomic E-state index is 12.7. The Morgan fingerprint density at radius 1 is 0.654 bits per heavy atom. The summed E-state index contributed by atoms with van der Waals surface area (Å²) in [5.74, 6) is -0.292. The molecule has 0 aromatic heterocycles. The molecule has 0 spiro atoms. The molecular formula is C43H73N2O6P. The van der Waals surface area contributed by atoms with Crippen molar-refractivity contribution in [3.8, 4) is 0 Å². The van der Waals surface area contributed by atoms with Crippen LogP contribution in [-0.2, 0) is 18.4 Å². The van der Waals surface area contributed by atoms with Gasteiger partial charge in [-0.25, -0.2) is 4.57 Å². The molecule has 9 heteroatoms.